The number of benzene rings is 4. The third-order valence-electron chi connectivity index (χ3n) is 8.56. The largest absolute Gasteiger partial charge is 0.399 e. The Morgan fingerprint density at radius 1 is 0.936 bits per heavy atom. The topological polar surface area (TPSA) is 109 Å². The monoisotopic (exact) mass is 659 g/mol. The molecular weight excluding hydrogens is 627 g/mol. The Hall–Kier alpha value is -4.94. The van der Waals surface area contributed by atoms with E-state index in [0.29, 0.717) is 53.1 Å². The predicted molar refractivity (Wildman–Crippen MR) is 176 cm³/mol. The van der Waals surface area contributed by atoms with Crippen molar-refractivity contribution in [1.29, 1.82) is 0 Å². The molecule has 2 heterocycles. The van der Waals surface area contributed by atoms with Crippen molar-refractivity contribution >= 4 is 38.2 Å². The number of rotatable bonds is 7. The number of hydrogen-bond donors (Lipinski definition) is 2. The van der Waals surface area contributed by atoms with Crippen molar-refractivity contribution in [2.45, 2.75) is 30.8 Å². The predicted octanol–water partition coefficient (Wildman–Crippen LogP) is 6.61. The van der Waals surface area contributed by atoms with Gasteiger partial charge < -0.3 is 10.6 Å². The first-order valence-electron chi connectivity index (χ1n) is 15.0. The van der Waals surface area contributed by atoms with Crippen molar-refractivity contribution in [3.63, 3.8) is 0 Å². The number of piperazine rings is 1. The van der Waals surface area contributed by atoms with E-state index in [1.807, 2.05) is 36.1 Å². The molecule has 242 valence electrons. The number of halogens is 3. The quantitative estimate of drug-likeness (QED) is 0.150. The lowest BCUT2D eigenvalue weighted by Gasteiger charge is -2.42. The van der Waals surface area contributed by atoms with Gasteiger partial charge in [-0.25, -0.2) is 21.6 Å². The van der Waals surface area contributed by atoms with E-state index in [9.17, 15) is 26.4 Å². The van der Waals surface area contributed by atoms with Crippen LogP contribution in [-0.2, 0) is 10.0 Å². The van der Waals surface area contributed by atoms with Gasteiger partial charge in [0.2, 0.25) is 0 Å². The lowest BCUT2D eigenvalue weighted by molar-refractivity contribution is 0.0405. The van der Waals surface area contributed by atoms with Gasteiger partial charge in [0.1, 0.15) is 0 Å². The van der Waals surface area contributed by atoms with Crippen molar-refractivity contribution in [2.24, 2.45) is 0 Å². The SMILES string of the molecule is CC(c1cc(F)c(F)c(F)c1)N1CCN(C(=O)c2ccc(NS(=O)(=O)c3ccc(N)cc3-c3cccc4cccnc34)cc2)[C@H](C)C1. The van der Waals surface area contributed by atoms with E-state index in [0.717, 1.165) is 17.5 Å². The number of sulfonamides is 1. The van der Waals surface area contributed by atoms with Gasteiger partial charge in [-0.05, 0) is 80.1 Å². The van der Waals surface area contributed by atoms with Crippen LogP contribution in [-0.4, -0.2) is 54.8 Å². The second kappa shape index (κ2) is 12.7. The summed E-state index contributed by atoms with van der Waals surface area (Å²) in [5.74, 6) is -4.22. The molecule has 47 heavy (non-hydrogen) atoms. The maximum absolute atomic E-state index is 13.8. The summed E-state index contributed by atoms with van der Waals surface area (Å²) in [5.41, 5.74) is 9.10. The van der Waals surface area contributed by atoms with Crippen molar-refractivity contribution in [3.05, 3.63) is 120 Å². The molecule has 6 rings (SSSR count). The minimum absolute atomic E-state index is 0.0250. The van der Waals surface area contributed by atoms with Crippen LogP contribution in [0.4, 0.5) is 24.5 Å². The number of aromatic nitrogens is 1. The number of fused-ring (bicyclic) bond motifs is 1. The molecule has 0 aliphatic carbocycles. The minimum Gasteiger partial charge on any atom is -0.399 e. The fourth-order valence-corrected chi connectivity index (χ4v) is 7.30. The summed E-state index contributed by atoms with van der Waals surface area (Å²) >= 11 is 0. The molecule has 1 saturated heterocycles. The number of nitrogens with one attached hydrogen (secondary N) is 1. The summed E-state index contributed by atoms with van der Waals surface area (Å²) in [6.45, 7) is 4.88. The van der Waals surface area contributed by atoms with Gasteiger partial charge in [-0.3, -0.25) is 19.4 Å². The molecule has 0 spiro atoms. The second-order valence-electron chi connectivity index (χ2n) is 11.6. The van der Waals surface area contributed by atoms with Crippen molar-refractivity contribution in [2.75, 3.05) is 30.1 Å². The van der Waals surface area contributed by atoms with E-state index >= 15 is 0 Å². The molecule has 3 N–H and O–H groups in total. The molecule has 1 fully saturated rings. The summed E-state index contributed by atoms with van der Waals surface area (Å²) in [5, 5.41) is 0.855. The average molecular weight is 660 g/mol. The van der Waals surface area contributed by atoms with Crippen LogP contribution in [0.1, 0.15) is 35.8 Å². The van der Waals surface area contributed by atoms with Crippen LogP contribution < -0.4 is 10.5 Å². The number of carbonyl (C=O) groups is 1. The highest BCUT2D eigenvalue weighted by Crippen LogP contribution is 2.35. The normalized spacial score (nSPS) is 16.3. The molecule has 1 aliphatic rings. The first kappa shape index (κ1) is 32.0. The molecule has 12 heteroatoms. The average Bonchev–Trinajstić information content (AvgIpc) is 3.06. The van der Waals surface area contributed by atoms with Crippen molar-refractivity contribution < 1.29 is 26.4 Å². The van der Waals surface area contributed by atoms with Gasteiger partial charge in [0.15, 0.2) is 17.5 Å². The van der Waals surface area contributed by atoms with Crippen LogP contribution in [0.2, 0.25) is 0 Å². The van der Waals surface area contributed by atoms with Gasteiger partial charge in [-0.2, -0.15) is 0 Å². The number of anilines is 2. The molecule has 0 bridgehead atoms. The first-order valence-corrected chi connectivity index (χ1v) is 16.5. The Kier molecular flexibility index (Phi) is 8.64. The van der Waals surface area contributed by atoms with Gasteiger partial charge in [0, 0.05) is 71.4 Å². The van der Waals surface area contributed by atoms with Crippen LogP contribution in [0.25, 0.3) is 22.0 Å². The summed E-state index contributed by atoms with van der Waals surface area (Å²) in [6.07, 6.45) is 1.65. The smallest absolute Gasteiger partial charge is 0.262 e. The third kappa shape index (κ3) is 6.38. The molecule has 5 aromatic rings. The maximum atomic E-state index is 13.8. The van der Waals surface area contributed by atoms with Crippen molar-refractivity contribution in [1.82, 2.24) is 14.8 Å². The zero-order valence-corrected chi connectivity index (χ0v) is 26.4. The zero-order valence-electron chi connectivity index (χ0n) is 25.6. The maximum Gasteiger partial charge on any atom is 0.262 e. The number of amides is 1. The number of nitrogen functional groups attached to an aromatic ring is 1. The second-order valence-corrected chi connectivity index (χ2v) is 13.3. The molecule has 1 aromatic heterocycles. The minimum atomic E-state index is -4.09. The lowest BCUT2D eigenvalue weighted by Crippen LogP contribution is -2.54. The van der Waals surface area contributed by atoms with Gasteiger partial charge in [-0.1, -0.05) is 24.3 Å². The molecule has 1 unspecified atom stereocenters. The molecule has 0 radical (unpaired) electrons. The summed E-state index contributed by atoms with van der Waals surface area (Å²) < 4.78 is 71.1. The number of carbonyl (C=O) groups excluding carboxylic acids is 1. The molecule has 0 saturated carbocycles. The molecule has 1 amide bonds. The van der Waals surface area contributed by atoms with Gasteiger partial charge in [-0.15, -0.1) is 0 Å². The molecule has 1 aliphatic heterocycles. The van der Waals surface area contributed by atoms with Gasteiger partial charge in [0.25, 0.3) is 15.9 Å². The van der Waals surface area contributed by atoms with Crippen LogP contribution in [0, 0.1) is 17.5 Å². The molecule has 8 nitrogen and oxygen atoms in total. The third-order valence-corrected chi connectivity index (χ3v) is 10.00. The molecular formula is C35H32F3N5O3S. The first-order chi connectivity index (χ1) is 22.4. The fraction of sp³-hybridized carbons (Fsp3) is 0.200. The highest BCUT2D eigenvalue weighted by atomic mass is 32.2. The van der Waals surface area contributed by atoms with Crippen molar-refractivity contribution in [3.8, 4) is 11.1 Å². The van der Waals surface area contributed by atoms with E-state index in [4.69, 9.17) is 5.73 Å². The summed E-state index contributed by atoms with van der Waals surface area (Å²) in [4.78, 5) is 21.6. The molecule has 4 aromatic carbocycles. The number of nitrogens with two attached hydrogens (primary N) is 1. The van der Waals surface area contributed by atoms with Crippen LogP contribution in [0.15, 0.2) is 96.0 Å². The fourth-order valence-electron chi connectivity index (χ4n) is 6.04. The number of pyridine rings is 1. The highest BCUT2D eigenvalue weighted by molar-refractivity contribution is 7.92. The summed E-state index contributed by atoms with van der Waals surface area (Å²) in [6, 6.07) is 21.4. The van der Waals surface area contributed by atoms with E-state index < -0.39 is 33.5 Å². The van der Waals surface area contributed by atoms with E-state index in [2.05, 4.69) is 9.71 Å². The Morgan fingerprint density at radius 2 is 1.64 bits per heavy atom. The van der Waals surface area contributed by atoms with E-state index in [1.165, 1.54) is 24.3 Å². The van der Waals surface area contributed by atoms with Crippen LogP contribution >= 0.6 is 0 Å². The van der Waals surface area contributed by atoms with Gasteiger partial charge in [0.05, 0.1) is 10.4 Å². The molecule has 2 atom stereocenters. The summed E-state index contributed by atoms with van der Waals surface area (Å²) in [7, 11) is -4.09. The van der Waals surface area contributed by atoms with Gasteiger partial charge >= 0.3 is 0 Å². The highest BCUT2D eigenvalue weighted by Gasteiger charge is 2.31. The number of hydrogen-bond acceptors (Lipinski definition) is 6. The Labute approximate surface area is 270 Å². The Morgan fingerprint density at radius 3 is 2.34 bits per heavy atom. The van der Waals surface area contributed by atoms with Crippen LogP contribution in [0.5, 0.6) is 0 Å². The van der Waals surface area contributed by atoms with E-state index in [1.54, 1.807) is 42.3 Å². The van der Waals surface area contributed by atoms with Crippen LogP contribution in [0.3, 0.4) is 0 Å². The van der Waals surface area contributed by atoms with E-state index in [-0.39, 0.29) is 22.5 Å². The zero-order chi connectivity index (χ0) is 33.5. The Balaban J connectivity index is 1.17. The number of para-hydroxylation sites is 1. The standard InChI is InChI=1S/C35H32F3N5O3S/c1-21-20-42(22(2)25-17-30(36)33(38)31(37)18-25)15-16-43(21)35(44)24-8-11-27(12-9-24)41-47(45,46)32-13-10-26(39)19-29(32)28-7-3-5-23-6-4-14-40-34(23)28/h3-14,17-19,21-22,41H,15-16,20,39H2,1-2H3/t21-,22?/m1/s1. The number of nitrogens with zero attached hydrogens (tertiary/aromatic N) is 3. The Bertz CT molecular complexity index is 2060. The lowest BCUT2D eigenvalue weighted by atomic mass is 10.0.